The van der Waals surface area contributed by atoms with E-state index in [-0.39, 0.29) is 24.0 Å². The van der Waals surface area contributed by atoms with Gasteiger partial charge in [-0.3, -0.25) is 0 Å². The summed E-state index contributed by atoms with van der Waals surface area (Å²) in [6.07, 6.45) is 7.31. The van der Waals surface area contributed by atoms with E-state index < -0.39 is 26.9 Å². The number of anilines is 1. The Morgan fingerprint density at radius 1 is 0.900 bits per heavy atom. The molecule has 0 saturated carbocycles. The molecule has 5 aromatic rings. The Morgan fingerprint density at radius 2 is 1.44 bits per heavy atom. The van der Waals surface area contributed by atoms with Gasteiger partial charge in [-0.2, -0.15) is 5.10 Å². The highest BCUT2D eigenvalue weighted by molar-refractivity contribution is 7.92. The number of rotatable bonds is 8. The van der Waals surface area contributed by atoms with Crippen LogP contribution in [0, 0.1) is 5.41 Å². The van der Waals surface area contributed by atoms with Crippen molar-refractivity contribution < 1.29 is 18.8 Å². The van der Waals surface area contributed by atoms with Crippen molar-refractivity contribution in [3.05, 3.63) is 142 Å². The van der Waals surface area contributed by atoms with Gasteiger partial charge in [-0.1, -0.05) is 104 Å². The fourth-order valence-electron chi connectivity index (χ4n) is 7.84. The van der Waals surface area contributed by atoms with Crippen molar-refractivity contribution in [3.8, 4) is 5.88 Å². The van der Waals surface area contributed by atoms with Crippen molar-refractivity contribution in [1.82, 2.24) is 14.5 Å². The Balaban J connectivity index is 1.34. The molecule has 3 aliphatic rings. The highest BCUT2D eigenvalue weighted by atomic mass is 32.2. The molecule has 2 aliphatic carbocycles. The van der Waals surface area contributed by atoms with Crippen LogP contribution in [0.25, 0.3) is 0 Å². The van der Waals surface area contributed by atoms with Gasteiger partial charge in [0, 0.05) is 11.1 Å². The second kappa shape index (κ2) is 12.8. The molecule has 3 N–H and O–H groups in total. The number of carbonyl (C=O) groups excluding carboxylic acids is 1. The summed E-state index contributed by atoms with van der Waals surface area (Å²) >= 11 is 0. The minimum absolute atomic E-state index is 0.104. The molecule has 9 nitrogen and oxygen atoms in total. The summed E-state index contributed by atoms with van der Waals surface area (Å²) in [5, 5.41) is 17.8. The average Bonchev–Trinajstić information content (AvgIpc) is 3.92. The van der Waals surface area contributed by atoms with Crippen LogP contribution < -0.4 is 14.8 Å². The third-order valence-electron chi connectivity index (χ3n) is 10.4. The summed E-state index contributed by atoms with van der Waals surface area (Å²) in [7, 11) is -3.87. The van der Waals surface area contributed by atoms with Crippen molar-refractivity contribution in [2.24, 2.45) is 9.78 Å². The molecule has 0 saturated heterocycles. The number of nitrogens with zero attached hydrogens (tertiary/aromatic N) is 3. The summed E-state index contributed by atoms with van der Waals surface area (Å²) in [4.78, 5) is 14.5. The minimum Gasteiger partial charge on any atom is -0.476 e. The number of fused-ring (bicyclic) bond motifs is 3. The standard InChI is InChI=1S/C40H41N5O4S/c1-39(26-46)25-45-37(49-27-39)35(24-41-45)50(48,43-38(47)42-36-33-21-11-13-28(33)23-29-14-12-22-34(29)36)44-40(30-15-5-2-6-16-30,31-17-7-3-8-18-31)32-19-9-4-10-20-32/h2-10,15-20,23-24,46H,11-14,21-22,25-27H2,1H3,(H2,42,43,44,47,48). The molecule has 1 aromatic heterocycles. The molecule has 4 aromatic carbocycles. The number of aliphatic hydroxyl groups excluding tert-OH is 1. The van der Waals surface area contributed by atoms with Crippen LogP contribution in [0.5, 0.6) is 5.88 Å². The van der Waals surface area contributed by atoms with Gasteiger partial charge in [0.05, 0.1) is 26.0 Å². The highest BCUT2D eigenvalue weighted by Crippen LogP contribution is 2.42. The zero-order chi connectivity index (χ0) is 34.3. The summed E-state index contributed by atoms with van der Waals surface area (Å²) in [5.74, 6) is 0.259. The van der Waals surface area contributed by atoms with E-state index in [0.29, 0.717) is 6.54 Å². The molecule has 1 aliphatic heterocycles. The van der Waals surface area contributed by atoms with Gasteiger partial charge < -0.3 is 15.2 Å². The monoisotopic (exact) mass is 687 g/mol. The summed E-state index contributed by atoms with van der Waals surface area (Å²) < 4.78 is 32.0. The number of hydrogen-bond acceptors (Lipinski definition) is 5. The predicted octanol–water partition coefficient (Wildman–Crippen LogP) is 6.81. The van der Waals surface area contributed by atoms with Gasteiger partial charge in [0.15, 0.2) is 9.92 Å². The van der Waals surface area contributed by atoms with Crippen LogP contribution in [0.15, 0.2) is 113 Å². The Morgan fingerprint density at radius 3 is 1.96 bits per heavy atom. The van der Waals surface area contributed by atoms with E-state index in [0.717, 1.165) is 72.0 Å². The maximum atomic E-state index is 16.0. The molecule has 10 heteroatoms. The molecule has 256 valence electrons. The van der Waals surface area contributed by atoms with Gasteiger partial charge in [-0.05, 0) is 77.5 Å². The van der Waals surface area contributed by atoms with Gasteiger partial charge in [0.25, 0.3) is 0 Å². The zero-order valence-corrected chi connectivity index (χ0v) is 28.9. The number of aromatic nitrogens is 2. The number of benzene rings is 4. The average molecular weight is 688 g/mol. The predicted molar refractivity (Wildman–Crippen MR) is 194 cm³/mol. The van der Waals surface area contributed by atoms with Gasteiger partial charge in [-0.15, -0.1) is 4.36 Å². The molecule has 0 radical (unpaired) electrons. The molecule has 2 atom stereocenters. The number of urea groups is 1. The maximum Gasteiger partial charge on any atom is 0.354 e. The number of ether oxygens (including phenoxy) is 1. The van der Waals surface area contributed by atoms with E-state index >= 15 is 4.21 Å². The smallest absolute Gasteiger partial charge is 0.354 e. The van der Waals surface area contributed by atoms with Crippen molar-refractivity contribution in [3.63, 3.8) is 0 Å². The number of nitrogens with one attached hydrogen (secondary N) is 2. The third kappa shape index (κ3) is 5.61. The largest absolute Gasteiger partial charge is 0.476 e. The minimum atomic E-state index is -3.87. The Hall–Kier alpha value is -4.77. The summed E-state index contributed by atoms with van der Waals surface area (Å²) in [6.45, 7) is 2.34. The van der Waals surface area contributed by atoms with Gasteiger partial charge in [-0.25, -0.2) is 18.4 Å². The quantitative estimate of drug-likeness (QED) is 0.155. The molecule has 2 heterocycles. The maximum absolute atomic E-state index is 16.0. The first kappa shape index (κ1) is 32.4. The Bertz CT molecular complexity index is 2050. The van der Waals surface area contributed by atoms with Gasteiger partial charge in [0.2, 0.25) is 5.88 Å². The lowest BCUT2D eigenvalue weighted by atomic mass is 9.78. The zero-order valence-electron chi connectivity index (χ0n) is 28.1. The van der Waals surface area contributed by atoms with Crippen LogP contribution in [0.4, 0.5) is 10.5 Å². The van der Waals surface area contributed by atoms with E-state index in [1.54, 1.807) is 4.68 Å². The van der Waals surface area contributed by atoms with Crippen LogP contribution in [0.2, 0.25) is 0 Å². The van der Waals surface area contributed by atoms with Crippen molar-refractivity contribution in [2.75, 3.05) is 18.5 Å². The Kier molecular flexibility index (Phi) is 8.33. The second-order valence-corrected chi connectivity index (χ2v) is 15.8. The van der Waals surface area contributed by atoms with Gasteiger partial charge in [0.1, 0.15) is 10.4 Å². The first-order chi connectivity index (χ1) is 24.3. The SMILES string of the molecule is CC1(CO)COc2c(S(=O)(=NC(=O)Nc3c4c(cc5c3CCC5)CCC4)NC(c3ccccc3)(c3ccccc3)c3ccccc3)cnn2C1. The Labute approximate surface area is 293 Å². The molecule has 0 fully saturated rings. The molecular weight excluding hydrogens is 647 g/mol. The third-order valence-corrected chi connectivity index (χ3v) is 12.2. The van der Waals surface area contributed by atoms with Crippen LogP contribution in [0.1, 0.15) is 58.7 Å². The lowest BCUT2D eigenvalue weighted by Gasteiger charge is -2.38. The lowest BCUT2D eigenvalue weighted by Crippen LogP contribution is -2.48. The molecule has 8 rings (SSSR count). The van der Waals surface area contributed by atoms with E-state index in [4.69, 9.17) is 4.74 Å². The number of aryl methyl sites for hydroxylation is 2. The van der Waals surface area contributed by atoms with Crippen molar-refractivity contribution in [2.45, 2.75) is 62.4 Å². The molecule has 0 bridgehead atoms. The second-order valence-electron chi connectivity index (χ2n) is 14.0. The fourth-order valence-corrected chi connectivity index (χ4v) is 9.73. The first-order valence-electron chi connectivity index (χ1n) is 17.3. The highest BCUT2D eigenvalue weighted by Gasteiger charge is 2.43. The number of aliphatic hydroxyl groups is 1. The molecule has 2 amide bonds. The number of amides is 2. The normalized spacial score (nSPS) is 19.1. The van der Waals surface area contributed by atoms with Crippen LogP contribution >= 0.6 is 0 Å². The lowest BCUT2D eigenvalue weighted by molar-refractivity contribution is 0.0287. The molecular formula is C40H41N5O4S. The fraction of sp³-hybridized carbons (Fsp3) is 0.300. The first-order valence-corrected chi connectivity index (χ1v) is 18.8. The van der Waals surface area contributed by atoms with Crippen LogP contribution in [-0.4, -0.2) is 38.3 Å². The summed E-state index contributed by atoms with van der Waals surface area (Å²) in [6, 6.07) is 31.0. The number of hydrogen-bond donors (Lipinski definition) is 3. The van der Waals surface area contributed by atoms with Gasteiger partial charge >= 0.3 is 6.03 Å². The van der Waals surface area contributed by atoms with Crippen molar-refractivity contribution in [1.29, 1.82) is 0 Å². The number of carbonyl (C=O) groups is 1. The van der Waals surface area contributed by atoms with E-state index in [1.807, 2.05) is 97.9 Å². The molecule has 50 heavy (non-hydrogen) atoms. The molecule has 2 unspecified atom stereocenters. The van der Waals surface area contributed by atoms with Crippen LogP contribution in [0.3, 0.4) is 0 Å². The molecule has 0 spiro atoms. The van der Waals surface area contributed by atoms with Crippen molar-refractivity contribution >= 4 is 21.6 Å². The van der Waals surface area contributed by atoms with E-state index in [1.165, 1.54) is 17.3 Å². The topological polar surface area (TPSA) is 118 Å². The van der Waals surface area contributed by atoms with E-state index in [2.05, 4.69) is 25.6 Å². The summed E-state index contributed by atoms with van der Waals surface area (Å²) in [5.41, 5.74) is 6.36. The van der Waals surface area contributed by atoms with Crippen LogP contribution in [-0.2, 0) is 47.7 Å². The van der Waals surface area contributed by atoms with E-state index in [9.17, 15) is 9.90 Å².